The fourth-order valence-corrected chi connectivity index (χ4v) is 2.15. The lowest BCUT2D eigenvalue weighted by atomic mass is 9.97. The molecule has 1 aliphatic rings. The summed E-state index contributed by atoms with van der Waals surface area (Å²) in [6, 6.07) is 2.07. The second kappa shape index (κ2) is 3.66. The van der Waals surface area contributed by atoms with Crippen molar-refractivity contribution in [3.05, 3.63) is 22.9 Å². The van der Waals surface area contributed by atoms with Crippen LogP contribution in [0.2, 0.25) is 0 Å². The lowest BCUT2D eigenvalue weighted by molar-refractivity contribution is 0.398. The van der Waals surface area contributed by atoms with Crippen LogP contribution < -0.4 is 4.90 Å². The Balaban J connectivity index is 2.07. The van der Waals surface area contributed by atoms with Gasteiger partial charge in [0, 0.05) is 25.5 Å². The highest BCUT2D eigenvalue weighted by atomic mass is 79.9. The third-order valence-electron chi connectivity index (χ3n) is 2.63. The monoisotopic (exact) mass is 240 g/mol. The number of rotatable bonds is 2. The highest BCUT2D eigenvalue weighted by molar-refractivity contribution is 9.10. The Labute approximate surface area is 87.1 Å². The molecule has 2 nitrogen and oxygen atoms in total. The third kappa shape index (κ3) is 1.70. The smallest absolute Gasteiger partial charge is 0.0592 e. The molecule has 3 heteroatoms. The SMILES string of the molecule is CCC1CN(c2ccncc2Br)C1. The summed E-state index contributed by atoms with van der Waals surface area (Å²) in [7, 11) is 0. The number of aromatic nitrogens is 1. The minimum absolute atomic E-state index is 0.889. The molecule has 0 aromatic carbocycles. The molecule has 0 N–H and O–H groups in total. The van der Waals surface area contributed by atoms with Crippen molar-refractivity contribution in [1.29, 1.82) is 0 Å². The molecule has 1 aromatic heterocycles. The van der Waals surface area contributed by atoms with Crippen LogP contribution in [0.3, 0.4) is 0 Å². The molecule has 1 aliphatic heterocycles. The fourth-order valence-electron chi connectivity index (χ4n) is 1.65. The quantitative estimate of drug-likeness (QED) is 0.791. The van der Waals surface area contributed by atoms with Gasteiger partial charge in [-0.1, -0.05) is 6.92 Å². The molecule has 1 saturated heterocycles. The number of hydrogen-bond acceptors (Lipinski definition) is 2. The molecule has 0 bridgehead atoms. The Morgan fingerprint density at radius 3 is 3.00 bits per heavy atom. The van der Waals surface area contributed by atoms with Crippen LogP contribution in [-0.2, 0) is 0 Å². The first-order chi connectivity index (χ1) is 6.31. The average molecular weight is 241 g/mol. The van der Waals surface area contributed by atoms with Gasteiger partial charge in [0.2, 0.25) is 0 Å². The number of nitrogens with zero attached hydrogens (tertiary/aromatic N) is 2. The van der Waals surface area contributed by atoms with Crippen molar-refractivity contribution in [2.75, 3.05) is 18.0 Å². The molecule has 2 heterocycles. The first kappa shape index (κ1) is 9.00. The number of anilines is 1. The number of pyridine rings is 1. The summed E-state index contributed by atoms with van der Waals surface area (Å²) in [6.45, 7) is 4.64. The summed E-state index contributed by atoms with van der Waals surface area (Å²) in [4.78, 5) is 6.44. The summed E-state index contributed by atoms with van der Waals surface area (Å²) in [5.74, 6) is 0.889. The van der Waals surface area contributed by atoms with Gasteiger partial charge in [0.1, 0.15) is 0 Å². The van der Waals surface area contributed by atoms with Crippen LogP contribution in [-0.4, -0.2) is 18.1 Å². The van der Waals surface area contributed by atoms with E-state index in [-0.39, 0.29) is 0 Å². The minimum atomic E-state index is 0.889. The Morgan fingerprint density at radius 1 is 1.62 bits per heavy atom. The maximum absolute atomic E-state index is 4.05. The second-order valence-corrected chi connectivity index (χ2v) is 4.36. The molecule has 1 fully saturated rings. The van der Waals surface area contributed by atoms with Gasteiger partial charge in [-0.25, -0.2) is 0 Å². The van der Waals surface area contributed by atoms with Gasteiger partial charge in [-0.15, -0.1) is 0 Å². The zero-order valence-corrected chi connectivity index (χ0v) is 9.29. The standard InChI is InChI=1S/C10H13BrN2/c1-2-8-6-13(7-8)10-3-4-12-5-9(10)11/h3-5,8H,2,6-7H2,1H3. The van der Waals surface area contributed by atoms with Crippen LogP contribution in [0, 0.1) is 5.92 Å². The van der Waals surface area contributed by atoms with Crippen LogP contribution in [0.4, 0.5) is 5.69 Å². The molecule has 0 radical (unpaired) electrons. The van der Waals surface area contributed by atoms with Gasteiger partial charge < -0.3 is 4.90 Å². The molecule has 0 unspecified atom stereocenters. The molecule has 13 heavy (non-hydrogen) atoms. The van der Waals surface area contributed by atoms with Crippen LogP contribution >= 0.6 is 15.9 Å². The average Bonchev–Trinajstić information content (AvgIpc) is 2.06. The van der Waals surface area contributed by atoms with E-state index >= 15 is 0 Å². The van der Waals surface area contributed by atoms with Crippen molar-refractivity contribution < 1.29 is 0 Å². The van der Waals surface area contributed by atoms with Crippen molar-refractivity contribution in [3.8, 4) is 0 Å². The largest absolute Gasteiger partial charge is 0.370 e. The molecule has 0 aliphatic carbocycles. The molecule has 70 valence electrons. The van der Waals surface area contributed by atoms with E-state index < -0.39 is 0 Å². The van der Waals surface area contributed by atoms with Crippen molar-refractivity contribution in [2.24, 2.45) is 5.92 Å². The van der Waals surface area contributed by atoms with E-state index in [1.807, 2.05) is 12.4 Å². The van der Waals surface area contributed by atoms with Gasteiger partial charge in [0.25, 0.3) is 0 Å². The van der Waals surface area contributed by atoms with Gasteiger partial charge in [0.05, 0.1) is 10.2 Å². The molecule has 0 spiro atoms. The van der Waals surface area contributed by atoms with E-state index in [1.54, 1.807) is 0 Å². The maximum Gasteiger partial charge on any atom is 0.0592 e. The van der Waals surface area contributed by atoms with Gasteiger partial charge in [-0.3, -0.25) is 4.98 Å². The Bertz CT molecular complexity index is 295. The van der Waals surface area contributed by atoms with Gasteiger partial charge in [0.15, 0.2) is 0 Å². The highest BCUT2D eigenvalue weighted by Crippen LogP contribution is 2.31. The Morgan fingerprint density at radius 2 is 2.38 bits per heavy atom. The van der Waals surface area contributed by atoms with Crippen molar-refractivity contribution in [3.63, 3.8) is 0 Å². The third-order valence-corrected chi connectivity index (χ3v) is 3.24. The summed E-state index contributed by atoms with van der Waals surface area (Å²) in [5, 5.41) is 0. The topological polar surface area (TPSA) is 16.1 Å². The number of hydrogen-bond donors (Lipinski definition) is 0. The molecule has 2 rings (SSSR count). The van der Waals surface area contributed by atoms with Crippen LogP contribution in [0.25, 0.3) is 0 Å². The summed E-state index contributed by atoms with van der Waals surface area (Å²) in [6.07, 6.45) is 4.99. The van der Waals surface area contributed by atoms with Crippen molar-refractivity contribution >= 4 is 21.6 Å². The zero-order valence-electron chi connectivity index (χ0n) is 7.70. The fraction of sp³-hybridized carbons (Fsp3) is 0.500. The van der Waals surface area contributed by atoms with Gasteiger partial charge in [-0.2, -0.15) is 0 Å². The van der Waals surface area contributed by atoms with E-state index in [2.05, 4.69) is 38.8 Å². The van der Waals surface area contributed by atoms with E-state index in [1.165, 1.54) is 25.2 Å². The lowest BCUT2D eigenvalue weighted by Gasteiger charge is -2.41. The van der Waals surface area contributed by atoms with Crippen molar-refractivity contribution in [2.45, 2.75) is 13.3 Å². The van der Waals surface area contributed by atoms with Gasteiger partial charge >= 0.3 is 0 Å². The van der Waals surface area contributed by atoms with E-state index in [4.69, 9.17) is 0 Å². The molecular weight excluding hydrogens is 228 g/mol. The Kier molecular flexibility index (Phi) is 2.54. The lowest BCUT2D eigenvalue weighted by Crippen LogP contribution is -2.46. The normalized spacial score (nSPS) is 17.2. The van der Waals surface area contributed by atoms with Crippen LogP contribution in [0.1, 0.15) is 13.3 Å². The molecule has 0 amide bonds. The highest BCUT2D eigenvalue weighted by Gasteiger charge is 2.26. The molecule has 0 saturated carbocycles. The molecule has 0 atom stereocenters. The summed E-state index contributed by atoms with van der Waals surface area (Å²) >= 11 is 3.51. The maximum atomic E-state index is 4.05. The summed E-state index contributed by atoms with van der Waals surface area (Å²) < 4.78 is 1.10. The Hall–Kier alpha value is -0.570. The predicted molar refractivity (Wildman–Crippen MR) is 57.9 cm³/mol. The predicted octanol–water partition coefficient (Wildman–Crippen LogP) is 2.69. The van der Waals surface area contributed by atoms with Crippen molar-refractivity contribution in [1.82, 2.24) is 4.98 Å². The minimum Gasteiger partial charge on any atom is -0.370 e. The van der Waals surface area contributed by atoms with Crippen LogP contribution in [0.5, 0.6) is 0 Å². The number of halogens is 1. The van der Waals surface area contributed by atoms with E-state index in [0.29, 0.717) is 0 Å². The van der Waals surface area contributed by atoms with Crippen LogP contribution in [0.15, 0.2) is 22.9 Å². The second-order valence-electron chi connectivity index (χ2n) is 3.51. The summed E-state index contributed by atoms with van der Waals surface area (Å²) in [5.41, 5.74) is 1.28. The van der Waals surface area contributed by atoms with E-state index in [9.17, 15) is 0 Å². The molecule has 1 aromatic rings. The van der Waals surface area contributed by atoms with Gasteiger partial charge in [-0.05, 0) is 34.3 Å². The molecular formula is C10H13BrN2. The first-order valence-corrected chi connectivity index (χ1v) is 5.45. The zero-order chi connectivity index (χ0) is 9.26. The van der Waals surface area contributed by atoms with E-state index in [0.717, 1.165) is 10.4 Å². The first-order valence-electron chi connectivity index (χ1n) is 4.65.